The number of fused-ring (bicyclic) bond motifs is 1. The minimum absolute atomic E-state index is 0.184. The molecule has 1 atom stereocenters. The standard InChI is InChI=1S/C24H25N3O2/c1-15-8-3-5-10-19(15)26-20-11-7-12-21(18(20)14-25)27-24(28)23-16(2)17-9-4-6-13-22(17)29-23/h3-6,8-10,13-14,21H,7,11-12,25H2,1-2H3,(H,27,28)/t21-/m1/s1. The second-order valence-electron chi connectivity index (χ2n) is 7.44. The maximum atomic E-state index is 13.0. The lowest BCUT2D eigenvalue weighted by molar-refractivity contribution is 0.0914. The van der Waals surface area contributed by atoms with E-state index in [1.807, 2.05) is 62.4 Å². The van der Waals surface area contributed by atoms with Crippen LogP contribution >= 0.6 is 0 Å². The summed E-state index contributed by atoms with van der Waals surface area (Å²) in [7, 11) is 0. The van der Waals surface area contributed by atoms with Gasteiger partial charge in [-0.2, -0.15) is 0 Å². The number of nitrogens with one attached hydrogen (secondary N) is 1. The average molecular weight is 387 g/mol. The van der Waals surface area contributed by atoms with Crippen LogP contribution in [0.3, 0.4) is 0 Å². The van der Waals surface area contributed by atoms with Gasteiger partial charge in [0.2, 0.25) is 0 Å². The minimum atomic E-state index is -0.222. The fourth-order valence-electron chi connectivity index (χ4n) is 3.91. The molecule has 5 heteroatoms. The molecule has 1 amide bonds. The normalized spacial score (nSPS) is 19.7. The van der Waals surface area contributed by atoms with Gasteiger partial charge < -0.3 is 15.5 Å². The number of aliphatic imine (C=N–C) groups is 1. The molecule has 1 fully saturated rings. The van der Waals surface area contributed by atoms with Crippen molar-refractivity contribution in [3.63, 3.8) is 0 Å². The highest BCUT2D eigenvalue weighted by Crippen LogP contribution is 2.28. The first-order valence-corrected chi connectivity index (χ1v) is 9.93. The summed E-state index contributed by atoms with van der Waals surface area (Å²) in [6.07, 6.45) is 4.17. The monoisotopic (exact) mass is 387 g/mol. The Hall–Kier alpha value is -3.34. The van der Waals surface area contributed by atoms with Crippen LogP contribution in [0.5, 0.6) is 0 Å². The van der Waals surface area contributed by atoms with Crippen LogP contribution in [0.4, 0.5) is 5.69 Å². The number of carbonyl (C=O) groups is 1. The van der Waals surface area contributed by atoms with Crippen molar-refractivity contribution < 1.29 is 9.21 Å². The third-order valence-corrected chi connectivity index (χ3v) is 5.52. The van der Waals surface area contributed by atoms with E-state index in [-0.39, 0.29) is 11.9 Å². The number of carbonyl (C=O) groups excluding carboxylic acids is 1. The van der Waals surface area contributed by atoms with Gasteiger partial charge in [-0.1, -0.05) is 36.4 Å². The molecule has 1 aromatic heterocycles. The topological polar surface area (TPSA) is 80.6 Å². The lowest BCUT2D eigenvalue weighted by atomic mass is 9.88. The lowest BCUT2D eigenvalue weighted by Gasteiger charge is -2.27. The first-order valence-electron chi connectivity index (χ1n) is 9.93. The highest BCUT2D eigenvalue weighted by Gasteiger charge is 2.28. The van der Waals surface area contributed by atoms with E-state index in [9.17, 15) is 4.79 Å². The molecule has 1 saturated carbocycles. The summed E-state index contributed by atoms with van der Waals surface area (Å²) in [5, 5.41) is 4.06. The molecule has 148 valence electrons. The Morgan fingerprint density at radius 1 is 1.17 bits per heavy atom. The SMILES string of the molecule is Cc1ccccc1N=C1CCC[C@@H](NC(=O)c2oc3ccccc3c2C)C1=CN. The second kappa shape index (κ2) is 7.95. The van der Waals surface area contributed by atoms with Crippen molar-refractivity contribution in [2.45, 2.75) is 39.2 Å². The Bertz CT molecular complexity index is 1120. The molecule has 0 radical (unpaired) electrons. The Kier molecular flexibility index (Phi) is 5.21. The van der Waals surface area contributed by atoms with Crippen LogP contribution in [0.15, 0.2) is 69.7 Å². The smallest absolute Gasteiger partial charge is 0.287 e. The van der Waals surface area contributed by atoms with Gasteiger partial charge >= 0.3 is 0 Å². The minimum Gasteiger partial charge on any atom is -0.451 e. The van der Waals surface area contributed by atoms with Gasteiger partial charge in [0.25, 0.3) is 5.91 Å². The van der Waals surface area contributed by atoms with Gasteiger partial charge in [-0.15, -0.1) is 0 Å². The number of hydrogen-bond donors (Lipinski definition) is 2. The number of rotatable bonds is 3. The molecule has 1 heterocycles. The molecule has 0 bridgehead atoms. The molecule has 0 aliphatic heterocycles. The molecular formula is C24H25N3O2. The Balaban J connectivity index is 1.60. The molecule has 5 nitrogen and oxygen atoms in total. The van der Waals surface area contributed by atoms with Crippen LogP contribution in [-0.4, -0.2) is 17.7 Å². The van der Waals surface area contributed by atoms with Crippen molar-refractivity contribution in [3.8, 4) is 0 Å². The van der Waals surface area contributed by atoms with Crippen LogP contribution in [0.25, 0.3) is 11.0 Å². The summed E-state index contributed by atoms with van der Waals surface area (Å²) in [4.78, 5) is 17.8. The van der Waals surface area contributed by atoms with Gasteiger partial charge in [-0.05, 0) is 50.8 Å². The predicted molar refractivity (Wildman–Crippen MR) is 117 cm³/mol. The first kappa shape index (κ1) is 19.0. The zero-order chi connectivity index (χ0) is 20.4. The number of hydrogen-bond acceptors (Lipinski definition) is 4. The fraction of sp³-hybridized carbons (Fsp3) is 0.250. The van der Waals surface area contributed by atoms with Crippen LogP contribution in [0.1, 0.15) is 40.9 Å². The van der Waals surface area contributed by atoms with E-state index in [0.29, 0.717) is 5.76 Å². The molecule has 29 heavy (non-hydrogen) atoms. The summed E-state index contributed by atoms with van der Waals surface area (Å²) in [5.41, 5.74) is 11.4. The molecule has 3 N–H and O–H groups in total. The fourth-order valence-corrected chi connectivity index (χ4v) is 3.91. The molecule has 0 saturated heterocycles. The molecule has 1 aliphatic rings. The Morgan fingerprint density at radius 3 is 2.69 bits per heavy atom. The van der Waals surface area contributed by atoms with Crippen LogP contribution < -0.4 is 11.1 Å². The molecule has 2 aromatic carbocycles. The van der Waals surface area contributed by atoms with Gasteiger partial charge in [0, 0.05) is 28.4 Å². The highest BCUT2D eigenvalue weighted by molar-refractivity contribution is 6.05. The van der Waals surface area contributed by atoms with E-state index >= 15 is 0 Å². The number of furan rings is 1. The maximum Gasteiger partial charge on any atom is 0.287 e. The summed E-state index contributed by atoms with van der Waals surface area (Å²) in [6, 6.07) is 15.5. The zero-order valence-corrected chi connectivity index (χ0v) is 16.7. The quantitative estimate of drug-likeness (QED) is 0.667. The van der Waals surface area contributed by atoms with Crippen molar-refractivity contribution >= 4 is 28.3 Å². The zero-order valence-electron chi connectivity index (χ0n) is 16.7. The number of nitrogens with zero attached hydrogens (tertiary/aromatic N) is 1. The first-order chi connectivity index (χ1) is 14.1. The van der Waals surface area contributed by atoms with Crippen molar-refractivity contribution in [2.75, 3.05) is 0 Å². The van der Waals surface area contributed by atoms with E-state index in [2.05, 4.69) is 5.32 Å². The number of benzene rings is 2. The van der Waals surface area contributed by atoms with E-state index in [1.54, 1.807) is 6.20 Å². The van der Waals surface area contributed by atoms with Gasteiger partial charge in [-0.25, -0.2) is 0 Å². The summed E-state index contributed by atoms with van der Waals surface area (Å²) < 4.78 is 5.82. The number of amides is 1. The van der Waals surface area contributed by atoms with Crippen LogP contribution in [-0.2, 0) is 0 Å². The number of aryl methyl sites for hydroxylation is 2. The van der Waals surface area contributed by atoms with Crippen molar-refractivity contribution in [3.05, 3.63) is 77.2 Å². The van der Waals surface area contributed by atoms with E-state index < -0.39 is 0 Å². The lowest BCUT2D eigenvalue weighted by Crippen LogP contribution is -2.41. The van der Waals surface area contributed by atoms with E-state index in [4.69, 9.17) is 15.1 Å². The number of para-hydroxylation sites is 2. The van der Waals surface area contributed by atoms with Gasteiger partial charge in [0.1, 0.15) is 5.58 Å². The van der Waals surface area contributed by atoms with E-state index in [0.717, 1.165) is 58.3 Å². The molecule has 3 aromatic rings. The van der Waals surface area contributed by atoms with Crippen molar-refractivity contribution in [1.82, 2.24) is 5.32 Å². The van der Waals surface area contributed by atoms with Crippen molar-refractivity contribution in [1.29, 1.82) is 0 Å². The molecule has 0 spiro atoms. The van der Waals surface area contributed by atoms with Gasteiger partial charge in [0.15, 0.2) is 5.76 Å². The molecular weight excluding hydrogens is 362 g/mol. The predicted octanol–water partition coefficient (Wildman–Crippen LogP) is 4.95. The van der Waals surface area contributed by atoms with Gasteiger partial charge in [-0.3, -0.25) is 9.79 Å². The third kappa shape index (κ3) is 3.68. The Labute approximate surface area is 170 Å². The maximum absolute atomic E-state index is 13.0. The number of nitrogens with two attached hydrogens (primary N) is 1. The summed E-state index contributed by atoms with van der Waals surface area (Å²) >= 11 is 0. The molecule has 0 unspecified atom stereocenters. The van der Waals surface area contributed by atoms with Crippen LogP contribution in [0, 0.1) is 13.8 Å². The summed E-state index contributed by atoms with van der Waals surface area (Å²) in [6.45, 7) is 3.95. The molecule has 4 rings (SSSR count). The van der Waals surface area contributed by atoms with Crippen molar-refractivity contribution in [2.24, 2.45) is 10.7 Å². The highest BCUT2D eigenvalue weighted by atomic mass is 16.3. The van der Waals surface area contributed by atoms with Gasteiger partial charge in [0.05, 0.1) is 11.7 Å². The third-order valence-electron chi connectivity index (χ3n) is 5.52. The largest absolute Gasteiger partial charge is 0.451 e. The van der Waals surface area contributed by atoms with Crippen LogP contribution in [0.2, 0.25) is 0 Å². The molecule has 1 aliphatic carbocycles. The van der Waals surface area contributed by atoms with E-state index in [1.165, 1.54) is 0 Å². The average Bonchev–Trinajstić information content (AvgIpc) is 3.07. The Morgan fingerprint density at radius 2 is 1.93 bits per heavy atom. The second-order valence-corrected chi connectivity index (χ2v) is 7.44. The summed E-state index contributed by atoms with van der Waals surface area (Å²) in [5.74, 6) is 0.130.